The van der Waals surface area contributed by atoms with Crippen LogP contribution in [-0.4, -0.2) is 26.8 Å². The van der Waals surface area contributed by atoms with Crippen LogP contribution in [0.25, 0.3) is 0 Å². The van der Waals surface area contributed by atoms with Gasteiger partial charge in [-0.1, -0.05) is 23.7 Å². The molecule has 0 spiro atoms. The fourth-order valence-corrected chi connectivity index (χ4v) is 2.57. The molecule has 0 atom stereocenters. The first-order valence-corrected chi connectivity index (χ1v) is 8.65. The van der Waals surface area contributed by atoms with E-state index in [1.54, 1.807) is 24.3 Å². The highest BCUT2D eigenvalue weighted by molar-refractivity contribution is 7.89. The third-order valence-electron chi connectivity index (χ3n) is 2.99. The van der Waals surface area contributed by atoms with E-state index in [0.717, 1.165) is 0 Å². The Morgan fingerprint density at radius 2 is 1.67 bits per heavy atom. The number of primary sulfonamides is 1. The quantitative estimate of drug-likeness (QED) is 0.739. The van der Waals surface area contributed by atoms with Crippen LogP contribution in [0.3, 0.4) is 0 Å². The first-order chi connectivity index (χ1) is 11.3. The Kier molecular flexibility index (Phi) is 5.55. The number of sulfonamides is 1. The van der Waals surface area contributed by atoms with Gasteiger partial charge in [0, 0.05) is 5.69 Å². The van der Waals surface area contributed by atoms with Gasteiger partial charge in [0.1, 0.15) is 0 Å². The number of benzene rings is 2. The lowest BCUT2D eigenvalue weighted by Crippen LogP contribution is -2.33. The van der Waals surface area contributed by atoms with Gasteiger partial charge >= 0.3 is 0 Å². The summed E-state index contributed by atoms with van der Waals surface area (Å²) >= 11 is 5.90. The van der Waals surface area contributed by atoms with Gasteiger partial charge in [-0.2, -0.15) is 0 Å². The van der Waals surface area contributed by atoms with Crippen LogP contribution in [0.2, 0.25) is 5.02 Å². The van der Waals surface area contributed by atoms with E-state index in [2.05, 4.69) is 10.6 Å². The molecule has 0 aliphatic heterocycles. The Balaban J connectivity index is 1.92. The number of carbonyl (C=O) groups excluding carboxylic acids is 2. The molecular weight excluding hydrogens is 354 g/mol. The Bertz CT molecular complexity index is 867. The third kappa shape index (κ3) is 4.79. The molecule has 2 rings (SSSR count). The summed E-state index contributed by atoms with van der Waals surface area (Å²) in [6.07, 6.45) is 0. The van der Waals surface area contributed by atoms with Crippen molar-refractivity contribution < 1.29 is 18.0 Å². The maximum Gasteiger partial charge on any atom is 0.253 e. The van der Waals surface area contributed by atoms with E-state index in [9.17, 15) is 18.0 Å². The molecule has 0 saturated carbocycles. The van der Waals surface area contributed by atoms with Gasteiger partial charge in [0.2, 0.25) is 15.9 Å². The normalized spacial score (nSPS) is 10.9. The van der Waals surface area contributed by atoms with Crippen LogP contribution in [0.5, 0.6) is 0 Å². The van der Waals surface area contributed by atoms with Crippen molar-refractivity contribution in [2.45, 2.75) is 4.90 Å². The summed E-state index contributed by atoms with van der Waals surface area (Å²) < 4.78 is 22.3. The molecule has 0 aliphatic carbocycles. The molecule has 126 valence electrons. The van der Waals surface area contributed by atoms with Crippen molar-refractivity contribution >= 4 is 39.1 Å². The molecule has 24 heavy (non-hydrogen) atoms. The van der Waals surface area contributed by atoms with Crippen LogP contribution in [0.15, 0.2) is 53.4 Å². The van der Waals surface area contributed by atoms with Crippen molar-refractivity contribution in [2.24, 2.45) is 5.14 Å². The highest BCUT2D eigenvalue weighted by Gasteiger charge is 2.12. The largest absolute Gasteiger partial charge is 0.343 e. The van der Waals surface area contributed by atoms with Crippen LogP contribution in [0.1, 0.15) is 10.4 Å². The molecule has 0 radical (unpaired) electrons. The molecule has 0 heterocycles. The van der Waals surface area contributed by atoms with E-state index >= 15 is 0 Å². The van der Waals surface area contributed by atoms with E-state index < -0.39 is 21.8 Å². The molecule has 2 aromatic carbocycles. The molecular formula is C15H14ClN3O4S. The number of nitrogens with one attached hydrogen (secondary N) is 2. The fraction of sp³-hybridized carbons (Fsp3) is 0.0667. The van der Waals surface area contributed by atoms with Gasteiger partial charge in [0.15, 0.2) is 0 Å². The summed E-state index contributed by atoms with van der Waals surface area (Å²) in [6.45, 7) is -0.263. The number of nitrogens with two attached hydrogens (primary N) is 1. The third-order valence-corrected chi connectivity index (χ3v) is 4.25. The van der Waals surface area contributed by atoms with Gasteiger partial charge in [-0.05, 0) is 36.4 Å². The molecule has 2 amide bonds. The summed E-state index contributed by atoms with van der Waals surface area (Å²) in [5, 5.41) is 10.2. The topological polar surface area (TPSA) is 118 Å². The number of hydrogen-bond donors (Lipinski definition) is 3. The molecule has 0 fully saturated rings. The zero-order valence-corrected chi connectivity index (χ0v) is 13.9. The molecule has 9 heteroatoms. The lowest BCUT2D eigenvalue weighted by Gasteiger charge is -2.08. The number of rotatable bonds is 5. The maximum absolute atomic E-state index is 11.9. The molecule has 2 aromatic rings. The summed E-state index contributed by atoms with van der Waals surface area (Å²) in [6, 6.07) is 11.8. The van der Waals surface area contributed by atoms with Crippen molar-refractivity contribution in [2.75, 3.05) is 11.9 Å². The fourth-order valence-electron chi connectivity index (χ4n) is 1.83. The summed E-state index contributed by atoms with van der Waals surface area (Å²) in [5.41, 5.74) is 0.642. The van der Waals surface area contributed by atoms with E-state index in [4.69, 9.17) is 16.7 Å². The average Bonchev–Trinajstić information content (AvgIpc) is 2.53. The van der Waals surface area contributed by atoms with Crippen molar-refractivity contribution in [1.82, 2.24) is 5.32 Å². The van der Waals surface area contributed by atoms with Crippen LogP contribution < -0.4 is 15.8 Å². The monoisotopic (exact) mass is 367 g/mol. The van der Waals surface area contributed by atoms with E-state index in [1.165, 1.54) is 24.3 Å². The minimum atomic E-state index is -3.79. The van der Waals surface area contributed by atoms with Gasteiger partial charge in [0.25, 0.3) is 5.91 Å². The van der Waals surface area contributed by atoms with Crippen LogP contribution in [0, 0.1) is 0 Å². The first-order valence-electron chi connectivity index (χ1n) is 6.73. The summed E-state index contributed by atoms with van der Waals surface area (Å²) in [4.78, 5) is 23.7. The predicted octanol–water partition coefficient (Wildman–Crippen LogP) is 1.36. The number of halogens is 1. The van der Waals surface area contributed by atoms with Gasteiger partial charge in [-0.25, -0.2) is 13.6 Å². The highest BCUT2D eigenvalue weighted by Crippen LogP contribution is 2.14. The molecule has 0 aliphatic rings. The minimum Gasteiger partial charge on any atom is -0.343 e. The zero-order valence-electron chi connectivity index (χ0n) is 12.3. The predicted molar refractivity (Wildman–Crippen MR) is 90.2 cm³/mol. The van der Waals surface area contributed by atoms with Crippen molar-refractivity contribution in [3.8, 4) is 0 Å². The highest BCUT2D eigenvalue weighted by atomic mass is 35.5. The van der Waals surface area contributed by atoms with Crippen molar-refractivity contribution in [3.05, 3.63) is 59.1 Å². The molecule has 0 saturated heterocycles. The average molecular weight is 368 g/mol. The smallest absolute Gasteiger partial charge is 0.253 e. The molecule has 4 N–H and O–H groups in total. The standard InChI is InChI=1S/C15H14ClN3O4S/c16-13-4-2-1-3-12(13)15(21)18-9-14(20)19-10-5-7-11(8-6-10)24(17,22)23/h1-8H,9H2,(H,18,21)(H,19,20)(H2,17,22,23). The number of carbonyl (C=O) groups is 2. The Hall–Kier alpha value is -2.42. The molecule has 7 nitrogen and oxygen atoms in total. The van der Waals surface area contributed by atoms with Gasteiger partial charge in [0.05, 0.1) is 22.0 Å². The number of anilines is 1. The van der Waals surface area contributed by atoms with Gasteiger partial charge in [-0.3, -0.25) is 9.59 Å². The molecule has 0 bridgehead atoms. The van der Waals surface area contributed by atoms with Crippen LogP contribution >= 0.6 is 11.6 Å². The van der Waals surface area contributed by atoms with E-state index in [-0.39, 0.29) is 22.0 Å². The summed E-state index contributed by atoms with van der Waals surface area (Å²) in [5.74, 6) is -0.945. The first kappa shape index (κ1) is 17.9. The van der Waals surface area contributed by atoms with Crippen LogP contribution in [-0.2, 0) is 14.8 Å². The van der Waals surface area contributed by atoms with Gasteiger partial charge < -0.3 is 10.6 Å². The molecule has 0 aromatic heterocycles. The Labute approximate surface area is 143 Å². The molecule has 0 unspecified atom stereocenters. The second-order valence-corrected chi connectivity index (χ2v) is 6.75. The van der Waals surface area contributed by atoms with E-state index in [1.807, 2.05) is 0 Å². The van der Waals surface area contributed by atoms with Crippen molar-refractivity contribution in [1.29, 1.82) is 0 Å². The Morgan fingerprint density at radius 3 is 2.25 bits per heavy atom. The lowest BCUT2D eigenvalue weighted by molar-refractivity contribution is -0.115. The second-order valence-electron chi connectivity index (χ2n) is 4.78. The SMILES string of the molecule is NS(=O)(=O)c1ccc(NC(=O)CNC(=O)c2ccccc2Cl)cc1. The van der Waals surface area contributed by atoms with Crippen LogP contribution in [0.4, 0.5) is 5.69 Å². The van der Waals surface area contributed by atoms with Crippen molar-refractivity contribution in [3.63, 3.8) is 0 Å². The Morgan fingerprint density at radius 1 is 1.04 bits per heavy atom. The maximum atomic E-state index is 11.9. The second kappa shape index (κ2) is 7.43. The van der Waals surface area contributed by atoms with Gasteiger partial charge in [-0.15, -0.1) is 0 Å². The number of amides is 2. The lowest BCUT2D eigenvalue weighted by atomic mass is 10.2. The van der Waals surface area contributed by atoms with E-state index in [0.29, 0.717) is 5.69 Å². The number of hydrogen-bond acceptors (Lipinski definition) is 4. The zero-order chi connectivity index (χ0) is 17.7. The summed E-state index contributed by atoms with van der Waals surface area (Å²) in [7, 11) is -3.79. The minimum absolute atomic E-state index is 0.0625.